The van der Waals surface area contributed by atoms with Crippen LogP contribution >= 0.6 is 11.8 Å². The Morgan fingerprint density at radius 2 is 1.90 bits per heavy atom. The van der Waals surface area contributed by atoms with E-state index in [1.54, 1.807) is 12.1 Å². The van der Waals surface area contributed by atoms with E-state index in [2.05, 4.69) is 15.5 Å². The summed E-state index contributed by atoms with van der Waals surface area (Å²) < 4.78 is 12.9. The first kappa shape index (κ1) is 20.9. The molecule has 1 aliphatic rings. The first-order valence-electron chi connectivity index (χ1n) is 9.91. The molecular formula is C22H22N4O4S. The van der Waals surface area contributed by atoms with Gasteiger partial charge in [-0.15, -0.1) is 10.2 Å². The largest absolute Gasteiger partial charge is 0.454 e. The van der Waals surface area contributed by atoms with Crippen LogP contribution in [-0.2, 0) is 11.2 Å². The molecule has 2 heterocycles. The maximum atomic E-state index is 12.5. The van der Waals surface area contributed by atoms with E-state index in [1.807, 2.05) is 41.0 Å². The van der Waals surface area contributed by atoms with Gasteiger partial charge in [0.05, 0.1) is 11.4 Å². The van der Waals surface area contributed by atoms with Gasteiger partial charge in [-0.3, -0.25) is 14.2 Å². The summed E-state index contributed by atoms with van der Waals surface area (Å²) in [5.41, 5.74) is 1.50. The zero-order valence-corrected chi connectivity index (χ0v) is 17.9. The summed E-state index contributed by atoms with van der Waals surface area (Å²) in [5.74, 6) is 2.31. The molecule has 3 aromatic rings. The molecule has 9 heteroatoms. The predicted molar refractivity (Wildman–Crippen MR) is 116 cm³/mol. The van der Waals surface area contributed by atoms with Crippen LogP contribution in [0.1, 0.15) is 29.5 Å². The Labute approximate surface area is 184 Å². The fraction of sp³-hybridized carbons (Fsp3) is 0.273. The summed E-state index contributed by atoms with van der Waals surface area (Å²) in [5, 5.41) is 12.1. The molecule has 4 rings (SSSR count). The Morgan fingerprint density at radius 3 is 2.71 bits per heavy atom. The van der Waals surface area contributed by atoms with E-state index >= 15 is 0 Å². The number of rotatable bonds is 9. The molecule has 0 radical (unpaired) electrons. The molecule has 1 aromatic heterocycles. The molecule has 8 nitrogen and oxygen atoms in total. The molecular weight excluding hydrogens is 416 g/mol. The Hall–Kier alpha value is -3.33. The number of thioether (sulfide) groups is 1. The fourth-order valence-electron chi connectivity index (χ4n) is 3.19. The van der Waals surface area contributed by atoms with Crippen LogP contribution in [-0.4, -0.2) is 45.5 Å². The van der Waals surface area contributed by atoms with Gasteiger partial charge in [0.1, 0.15) is 5.82 Å². The molecule has 0 saturated carbocycles. The van der Waals surface area contributed by atoms with Crippen molar-refractivity contribution in [3.8, 4) is 17.2 Å². The molecule has 0 bridgehead atoms. The van der Waals surface area contributed by atoms with Gasteiger partial charge >= 0.3 is 0 Å². The van der Waals surface area contributed by atoms with Crippen molar-refractivity contribution in [2.24, 2.45) is 0 Å². The number of benzene rings is 2. The summed E-state index contributed by atoms with van der Waals surface area (Å²) in [6.45, 7) is 2.24. The lowest BCUT2D eigenvalue weighted by atomic mass is 10.2. The number of aromatic nitrogens is 3. The normalized spacial score (nSPS) is 12.0. The standard InChI is InChI=1S/C22H22N4O4S/c1-15(27)23-11-5-8-21-24-25-22(31-13-18(28)16-6-3-2-4-7-16)26(21)17-9-10-19-20(12-17)30-14-29-19/h2-4,6-7,9-10,12H,5,8,11,13-14H2,1H3,(H,23,27). The molecule has 0 fully saturated rings. The Morgan fingerprint density at radius 1 is 1.10 bits per heavy atom. The number of hydrogen-bond donors (Lipinski definition) is 1. The molecule has 2 aromatic carbocycles. The quantitative estimate of drug-likeness (QED) is 0.312. The molecule has 0 aliphatic carbocycles. The smallest absolute Gasteiger partial charge is 0.231 e. The monoisotopic (exact) mass is 438 g/mol. The maximum absolute atomic E-state index is 12.5. The average Bonchev–Trinajstić information content (AvgIpc) is 3.41. The van der Waals surface area contributed by atoms with E-state index in [9.17, 15) is 9.59 Å². The lowest BCUT2D eigenvalue weighted by Crippen LogP contribution is -2.21. The van der Waals surface area contributed by atoms with Crippen molar-refractivity contribution in [3.63, 3.8) is 0 Å². The molecule has 1 N–H and O–H groups in total. The lowest BCUT2D eigenvalue weighted by Gasteiger charge is -2.11. The summed E-state index contributed by atoms with van der Waals surface area (Å²) in [4.78, 5) is 23.7. The number of ether oxygens (including phenoxy) is 2. The van der Waals surface area contributed by atoms with Crippen LogP contribution in [0.2, 0.25) is 0 Å². The number of Topliss-reactive ketones (excluding diaryl/α,β-unsaturated/α-hetero) is 1. The number of amides is 1. The van der Waals surface area contributed by atoms with E-state index < -0.39 is 0 Å². The highest BCUT2D eigenvalue weighted by molar-refractivity contribution is 7.99. The molecule has 31 heavy (non-hydrogen) atoms. The van der Waals surface area contributed by atoms with E-state index in [4.69, 9.17) is 9.47 Å². The van der Waals surface area contributed by atoms with Gasteiger partial charge in [0, 0.05) is 31.5 Å². The van der Waals surface area contributed by atoms with Gasteiger partial charge in [0.2, 0.25) is 12.7 Å². The zero-order valence-electron chi connectivity index (χ0n) is 17.0. The molecule has 1 aliphatic heterocycles. The summed E-state index contributed by atoms with van der Waals surface area (Å²) in [7, 11) is 0. The van der Waals surface area contributed by atoms with Crippen molar-refractivity contribution in [1.29, 1.82) is 0 Å². The van der Waals surface area contributed by atoms with Crippen molar-refractivity contribution in [1.82, 2.24) is 20.1 Å². The zero-order chi connectivity index (χ0) is 21.6. The Kier molecular flexibility index (Phi) is 6.51. The second-order valence-corrected chi connectivity index (χ2v) is 7.88. The van der Waals surface area contributed by atoms with Gasteiger partial charge in [-0.2, -0.15) is 0 Å². The molecule has 0 spiro atoms. The number of nitrogens with one attached hydrogen (secondary N) is 1. The number of carbonyl (C=O) groups is 2. The van der Waals surface area contributed by atoms with Crippen molar-refractivity contribution in [2.75, 3.05) is 19.1 Å². The lowest BCUT2D eigenvalue weighted by molar-refractivity contribution is -0.118. The van der Waals surface area contributed by atoms with Crippen LogP contribution in [0.15, 0.2) is 53.7 Å². The van der Waals surface area contributed by atoms with Gasteiger partial charge in [0.25, 0.3) is 0 Å². The second kappa shape index (κ2) is 9.65. The second-order valence-electron chi connectivity index (χ2n) is 6.94. The van der Waals surface area contributed by atoms with Gasteiger partial charge in [0.15, 0.2) is 22.4 Å². The maximum Gasteiger partial charge on any atom is 0.231 e. The van der Waals surface area contributed by atoms with Crippen LogP contribution in [0.4, 0.5) is 0 Å². The van der Waals surface area contributed by atoms with Crippen LogP contribution < -0.4 is 14.8 Å². The summed E-state index contributed by atoms with van der Waals surface area (Å²) in [6.07, 6.45) is 1.34. The third kappa shape index (κ3) is 5.05. The predicted octanol–water partition coefficient (Wildman–Crippen LogP) is 3.04. The van der Waals surface area contributed by atoms with E-state index in [0.717, 1.165) is 17.9 Å². The minimum atomic E-state index is -0.0621. The van der Waals surface area contributed by atoms with Gasteiger partial charge < -0.3 is 14.8 Å². The molecule has 0 saturated heterocycles. The van der Waals surface area contributed by atoms with Crippen LogP contribution in [0.3, 0.4) is 0 Å². The summed E-state index contributed by atoms with van der Waals surface area (Å²) >= 11 is 1.34. The minimum Gasteiger partial charge on any atom is -0.454 e. The number of fused-ring (bicyclic) bond motifs is 1. The van der Waals surface area contributed by atoms with Gasteiger partial charge in [-0.05, 0) is 18.6 Å². The van der Waals surface area contributed by atoms with Crippen molar-refractivity contribution < 1.29 is 19.1 Å². The highest BCUT2D eigenvalue weighted by Gasteiger charge is 2.20. The van der Waals surface area contributed by atoms with Gasteiger partial charge in [-0.1, -0.05) is 42.1 Å². The topological polar surface area (TPSA) is 95.3 Å². The summed E-state index contributed by atoms with van der Waals surface area (Å²) in [6, 6.07) is 14.8. The first-order chi connectivity index (χ1) is 15.1. The SMILES string of the molecule is CC(=O)NCCCc1nnc(SCC(=O)c2ccccc2)n1-c1ccc2c(c1)OCO2. The Balaban J connectivity index is 1.55. The number of aryl methyl sites for hydroxylation is 1. The van der Waals surface area contributed by atoms with E-state index in [0.29, 0.717) is 35.2 Å². The van der Waals surface area contributed by atoms with Crippen molar-refractivity contribution >= 4 is 23.5 Å². The average molecular weight is 439 g/mol. The fourth-order valence-corrected chi connectivity index (χ4v) is 4.05. The molecule has 0 atom stereocenters. The van der Waals surface area contributed by atoms with Crippen LogP contribution in [0.5, 0.6) is 11.5 Å². The first-order valence-corrected chi connectivity index (χ1v) is 10.9. The highest BCUT2D eigenvalue weighted by Crippen LogP contribution is 2.35. The number of nitrogens with zero attached hydrogens (tertiary/aromatic N) is 3. The van der Waals surface area contributed by atoms with Crippen LogP contribution in [0.25, 0.3) is 5.69 Å². The van der Waals surface area contributed by atoms with E-state index in [1.165, 1.54) is 18.7 Å². The highest BCUT2D eigenvalue weighted by atomic mass is 32.2. The number of carbonyl (C=O) groups excluding carboxylic acids is 2. The van der Waals surface area contributed by atoms with Crippen molar-refractivity contribution in [3.05, 3.63) is 59.9 Å². The number of ketones is 1. The molecule has 1 amide bonds. The molecule has 160 valence electrons. The Bertz CT molecular complexity index is 1080. The van der Waals surface area contributed by atoms with Gasteiger partial charge in [-0.25, -0.2) is 0 Å². The third-order valence-electron chi connectivity index (χ3n) is 4.69. The molecule has 0 unspecified atom stereocenters. The van der Waals surface area contributed by atoms with E-state index in [-0.39, 0.29) is 24.2 Å². The van der Waals surface area contributed by atoms with Crippen molar-refractivity contribution in [2.45, 2.75) is 24.9 Å². The van der Waals surface area contributed by atoms with Crippen LogP contribution in [0, 0.1) is 0 Å². The number of hydrogen-bond acceptors (Lipinski definition) is 7. The minimum absolute atomic E-state index is 0.0260. The third-order valence-corrected chi connectivity index (χ3v) is 5.62.